The molecule has 0 aliphatic carbocycles. The molecule has 1 amide bonds. The second-order valence-corrected chi connectivity index (χ2v) is 6.24. The van der Waals surface area contributed by atoms with Crippen molar-refractivity contribution in [2.24, 2.45) is 0 Å². The van der Waals surface area contributed by atoms with Gasteiger partial charge in [-0.05, 0) is 43.2 Å². The van der Waals surface area contributed by atoms with E-state index in [0.717, 1.165) is 21.7 Å². The zero-order chi connectivity index (χ0) is 15.4. The van der Waals surface area contributed by atoms with Gasteiger partial charge in [-0.25, -0.2) is 0 Å². The van der Waals surface area contributed by atoms with Crippen molar-refractivity contribution in [2.45, 2.75) is 18.7 Å². The number of carbonyl (C=O) groups is 1. The molecule has 21 heavy (non-hydrogen) atoms. The Balaban J connectivity index is 2.01. The van der Waals surface area contributed by atoms with Gasteiger partial charge in [0.2, 0.25) is 5.91 Å². The lowest BCUT2D eigenvalue weighted by Crippen LogP contribution is -2.15. The zero-order valence-corrected chi connectivity index (χ0v) is 13.5. The number of benzene rings is 2. The lowest BCUT2D eigenvalue weighted by Gasteiger charge is -2.11. The first kappa shape index (κ1) is 15.7. The molecule has 0 radical (unpaired) electrons. The minimum Gasteiger partial charge on any atom is -0.398 e. The Hall–Kier alpha value is -1.65. The summed E-state index contributed by atoms with van der Waals surface area (Å²) in [7, 11) is 0. The maximum absolute atomic E-state index is 12.1. The smallest absolute Gasteiger partial charge is 0.234 e. The first-order valence-corrected chi connectivity index (χ1v) is 7.87. The van der Waals surface area contributed by atoms with Gasteiger partial charge in [-0.1, -0.05) is 29.8 Å². The van der Waals surface area contributed by atoms with E-state index in [4.69, 9.17) is 17.3 Å². The average molecular weight is 321 g/mol. The van der Waals surface area contributed by atoms with Gasteiger partial charge in [0.25, 0.3) is 0 Å². The topological polar surface area (TPSA) is 55.1 Å². The van der Waals surface area contributed by atoms with Gasteiger partial charge in [0, 0.05) is 21.3 Å². The molecule has 3 N–H and O–H groups in total. The maximum Gasteiger partial charge on any atom is 0.234 e. The molecule has 2 aromatic rings. The third kappa shape index (κ3) is 4.16. The van der Waals surface area contributed by atoms with Gasteiger partial charge < -0.3 is 11.1 Å². The first-order chi connectivity index (χ1) is 9.97. The number of nitrogens with two attached hydrogens (primary N) is 1. The summed E-state index contributed by atoms with van der Waals surface area (Å²) in [6.45, 7) is 3.95. The zero-order valence-electron chi connectivity index (χ0n) is 11.9. The number of hydrogen-bond acceptors (Lipinski definition) is 3. The number of halogens is 1. The van der Waals surface area contributed by atoms with Gasteiger partial charge >= 0.3 is 0 Å². The van der Waals surface area contributed by atoms with Crippen molar-refractivity contribution >= 4 is 40.6 Å². The van der Waals surface area contributed by atoms with Crippen molar-refractivity contribution in [1.82, 2.24) is 0 Å². The lowest BCUT2D eigenvalue weighted by atomic mass is 10.1. The first-order valence-electron chi connectivity index (χ1n) is 6.51. The molecule has 3 nitrogen and oxygen atoms in total. The number of hydrogen-bond donors (Lipinski definition) is 2. The molecule has 0 fully saturated rings. The Bertz CT molecular complexity index is 653. The molecule has 110 valence electrons. The Morgan fingerprint density at radius 3 is 2.57 bits per heavy atom. The van der Waals surface area contributed by atoms with Crippen molar-refractivity contribution < 1.29 is 4.79 Å². The van der Waals surface area contributed by atoms with E-state index < -0.39 is 0 Å². The molecule has 2 aromatic carbocycles. The van der Waals surface area contributed by atoms with Crippen molar-refractivity contribution in [3.8, 4) is 0 Å². The predicted molar refractivity (Wildman–Crippen MR) is 91.1 cm³/mol. The van der Waals surface area contributed by atoms with E-state index in [1.54, 1.807) is 18.2 Å². The van der Waals surface area contributed by atoms with Crippen LogP contribution in [0.4, 0.5) is 11.4 Å². The highest BCUT2D eigenvalue weighted by molar-refractivity contribution is 8.00. The number of nitrogens with one attached hydrogen (secondary N) is 1. The van der Waals surface area contributed by atoms with Crippen molar-refractivity contribution in [1.29, 1.82) is 0 Å². The third-order valence-corrected chi connectivity index (χ3v) is 4.39. The Morgan fingerprint density at radius 1 is 1.24 bits per heavy atom. The molecule has 0 aromatic heterocycles. The van der Waals surface area contributed by atoms with Crippen LogP contribution >= 0.6 is 23.4 Å². The van der Waals surface area contributed by atoms with Crippen LogP contribution in [0.25, 0.3) is 0 Å². The summed E-state index contributed by atoms with van der Waals surface area (Å²) in [6, 6.07) is 11.2. The predicted octanol–water partition coefficient (Wildman–Crippen LogP) is 4.27. The minimum atomic E-state index is -0.0585. The van der Waals surface area contributed by atoms with E-state index in [-0.39, 0.29) is 11.7 Å². The van der Waals surface area contributed by atoms with Gasteiger partial charge in [-0.15, -0.1) is 11.8 Å². The van der Waals surface area contributed by atoms with E-state index in [2.05, 4.69) is 5.32 Å². The Labute approximate surface area is 133 Å². The molecular weight excluding hydrogens is 304 g/mol. The monoisotopic (exact) mass is 320 g/mol. The molecule has 0 saturated carbocycles. The van der Waals surface area contributed by atoms with Crippen LogP contribution in [0.5, 0.6) is 0 Å². The fraction of sp³-hybridized carbons (Fsp3) is 0.188. The molecule has 0 spiro atoms. The second kappa shape index (κ2) is 6.87. The summed E-state index contributed by atoms with van der Waals surface area (Å²) in [5, 5.41) is 3.56. The molecule has 5 heteroatoms. The fourth-order valence-corrected chi connectivity index (χ4v) is 3.00. The van der Waals surface area contributed by atoms with Crippen LogP contribution in [-0.2, 0) is 4.79 Å². The van der Waals surface area contributed by atoms with E-state index in [0.29, 0.717) is 10.7 Å². The third-order valence-electron chi connectivity index (χ3n) is 3.08. The highest BCUT2D eigenvalue weighted by Crippen LogP contribution is 2.28. The van der Waals surface area contributed by atoms with E-state index in [9.17, 15) is 4.79 Å². The van der Waals surface area contributed by atoms with Crippen LogP contribution in [0.15, 0.2) is 41.3 Å². The summed E-state index contributed by atoms with van der Waals surface area (Å²) >= 11 is 7.31. The molecule has 0 heterocycles. The molecule has 0 atom stereocenters. The maximum atomic E-state index is 12.1. The van der Waals surface area contributed by atoms with Crippen molar-refractivity contribution in [3.63, 3.8) is 0 Å². The molecule has 0 aliphatic rings. The number of carbonyl (C=O) groups excluding carboxylic acids is 1. The molecule has 2 rings (SSSR count). The largest absolute Gasteiger partial charge is 0.398 e. The van der Waals surface area contributed by atoms with E-state index >= 15 is 0 Å². The second-order valence-electron chi connectivity index (χ2n) is 4.79. The van der Waals surface area contributed by atoms with E-state index in [1.807, 2.05) is 32.0 Å². The van der Waals surface area contributed by atoms with E-state index in [1.165, 1.54) is 11.8 Å². The summed E-state index contributed by atoms with van der Waals surface area (Å²) in [5.41, 5.74) is 9.47. The van der Waals surface area contributed by atoms with Crippen molar-refractivity contribution in [2.75, 3.05) is 16.8 Å². The molecule has 0 bridgehead atoms. The van der Waals surface area contributed by atoms with Crippen LogP contribution in [0.3, 0.4) is 0 Å². The summed E-state index contributed by atoms with van der Waals surface area (Å²) in [4.78, 5) is 12.9. The number of thioether (sulfide) groups is 1. The molecule has 0 saturated heterocycles. The van der Waals surface area contributed by atoms with Crippen LogP contribution in [-0.4, -0.2) is 11.7 Å². The highest BCUT2D eigenvalue weighted by Gasteiger charge is 2.09. The van der Waals surface area contributed by atoms with Gasteiger partial charge in [-0.2, -0.15) is 0 Å². The quantitative estimate of drug-likeness (QED) is 0.653. The number of para-hydroxylation sites is 1. The van der Waals surface area contributed by atoms with Gasteiger partial charge in [0.1, 0.15) is 0 Å². The Morgan fingerprint density at radius 2 is 1.90 bits per heavy atom. The summed E-state index contributed by atoms with van der Waals surface area (Å²) in [6.07, 6.45) is 0. The summed E-state index contributed by atoms with van der Waals surface area (Å²) in [5.74, 6) is 0.231. The minimum absolute atomic E-state index is 0.0585. The van der Waals surface area contributed by atoms with Gasteiger partial charge in [0.05, 0.1) is 5.75 Å². The normalized spacial score (nSPS) is 10.4. The SMILES string of the molecule is Cc1cccc(C)c1NC(=O)CSc1cc(Cl)ccc1N. The van der Waals surface area contributed by atoms with Crippen LogP contribution in [0.1, 0.15) is 11.1 Å². The van der Waals surface area contributed by atoms with Crippen LogP contribution < -0.4 is 11.1 Å². The van der Waals surface area contributed by atoms with Gasteiger partial charge in [-0.3, -0.25) is 4.79 Å². The summed E-state index contributed by atoms with van der Waals surface area (Å²) < 4.78 is 0. The lowest BCUT2D eigenvalue weighted by molar-refractivity contribution is -0.113. The van der Waals surface area contributed by atoms with Crippen LogP contribution in [0, 0.1) is 13.8 Å². The highest BCUT2D eigenvalue weighted by atomic mass is 35.5. The standard InChI is InChI=1S/C16H17ClN2OS/c1-10-4-3-5-11(2)16(10)19-15(20)9-21-14-8-12(17)6-7-13(14)18/h3-8H,9,18H2,1-2H3,(H,19,20). The number of anilines is 2. The molecule has 0 aliphatic heterocycles. The molecule has 0 unspecified atom stereocenters. The van der Waals surface area contributed by atoms with Crippen LogP contribution in [0.2, 0.25) is 5.02 Å². The molecular formula is C16H17ClN2OS. The fourth-order valence-electron chi connectivity index (χ4n) is 1.96. The number of aryl methyl sites for hydroxylation is 2. The Kier molecular flexibility index (Phi) is 5.15. The number of rotatable bonds is 4. The van der Waals surface area contributed by atoms with Crippen molar-refractivity contribution in [3.05, 3.63) is 52.5 Å². The number of nitrogen functional groups attached to an aromatic ring is 1. The average Bonchev–Trinajstić information content (AvgIpc) is 2.44. The van der Waals surface area contributed by atoms with Gasteiger partial charge in [0.15, 0.2) is 0 Å². The number of amides is 1.